The summed E-state index contributed by atoms with van der Waals surface area (Å²) in [7, 11) is 0. The van der Waals surface area contributed by atoms with Gasteiger partial charge in [0.1, 0.15) is 0 Å². The minimum Gasteiger partial charge on any atom is -0.504 e. The average Bonchev–Trinajstić information content (AvgIpc) is 2.26. The van der Waals surface area contributed by atoms with Crippen LogP contribution in [-0.2, 0) is 14.3 Å². The quantitative estimate of drug-likeness (QED) is 0.488. The van der Waals surface area contributed by atoms with Gasteiger partial charge in [0.25, 0.3) is 0 Å². The Kier molecular flexibility index (Phi) is 2.36. The highest BCUT2D eigenvalue weighted by Gasteiger charge is 2.28. The Hall–Kier alpha value is -1.78. The van der Waals surface area contributed by atoms with Crippen molar-refractivity contribution in [1.29, 1.82) is 0 Å². The van der Waals surface area contributed by atoms with E-state index in [1.807, 2.05) is 0 Å². The van der Waals surface area contributed by atoms with E-state index < -0.39 is 11.9 Å². The number of carboxylic acid groups (broad SMARTS) is 1. The van der Waals surface area contributed by atoms with Crippen LogP contribution in [0.25, 0.3) is 0 Å². The summed E-state index contributed by atoms with van der Waals surface area (Å²) in [5.41, 5.74) is 0.104. The molecule has 0 saturated carbocycles. The first kappa shape index (κ1) is 9.31. The molecule has 0 unspecified atom stereocenters. The van der Waals surface area contributed by atoms with Crippen molar-refractivity contribution in [3.05, 3.63) is 23.2 Å². The van der Waals surface area contributed by atoms with E-state index in [4.69, 9.17) is 5.11 Å². The second-order valence-electron chi connectivity index (χ2n) is 2.42. The van der Waals surface area contributed by atoms with Crippen molar-refractivity contribution < 1.29 is 24.5 Å². The number of hydrogen-bond acceptors (Lipinski definition) is 4. The third-order valence-corrected chi connectivity index (χ3v) is 1.58. The first-order chi connectivity index (χ1) is 6.06. The number of aliphatic hydroxyl groups excluding tert-OH is 1. The van der Waals surface area contributed by atoms with Crippen LogP contribution >= 0.6 is 0 Å². The van der Waals surface area contributed by atoms with Gasteiger partial charge >= 0.3 is 11.9 Å². The maximum Gasteiger partial charge on any atom is 0.343 e. The molecule has 0 aromatic heterocycles. The molecule has 1 aliphatic rings. The van der Waals surface area contributed by atoms with E-state index in [0.717, 1.165) is 0 Å². The highest BCUT2D eigenvalue weighted by molar-refractivity contribution is 5.95. The second kappa shape index (κ2) is 3.30. The van der Waals surface area contributed by atoms with Crippen molar-refractivity contribution in [3.63, 3.8) is 0 Å². The molecule has 0 aromatic carbocycles. The number of carbonyl (C=O) groups is 2. The molecule has 1 rings (SSSR count). The van der Waals surface area contributed by atoms with Crippen LogP contribution in [0.5, 0.6) is 0 Å². The topological polar surface area (TPSA) is 83.8 Å². The van der Waals surface area contributed by atoms with E-state index in [2.05, 4.69) is 4.74 Å². The van der Waals surface area contributed by atoms with Crippen LogP contribution < -0.4 is 0 Å². The first-order valence-corrected chi connectivity index (χ1v) is 3.65. The van der Waals surface area contributed by atoms with Gasteiger partial charge in [0.05, 0.1) is 11.6 Å². The van der Waals surface area contributed by atoms with Crippen LogP contribution in [0.4, 0.5) is 0 Å². The van der Waals surface area contributed by atoms with Gasteiger partial charge in [-0.05, 0) is 6.42 Å². The highest BCUT2D eigenvalue weighted by atomic mass is 16.6. The Balaban J connectivity index is 3.04. The fraction of sp³-hybridized carbons (Fsp3) is 0.250. The fourth-order valence-corrected chi connectivity index (χ4v) is 0.977. The normalized spacial score (nSPS) is 19.5. The first-order valence-electron chi connectivity index (χ1n) is 3.65. The Morgan fingerprint density at radius 3 is 2.62 bits per heavy atom. The SMILES string of the molecule is CCC1=C(O)/C(=C\C(=O)O)OC1=O. The zero-order valence-corrected chi connectivity index (χ0v) is 6.90. The number of ether oxygens (including phenoxy) is 1. The molecule has 13 heavy (non-hydrogen) atoms. The predicted molar refractivity (Wildman–Crippen MR) is 41.8 cm³/mol. The molecule has 0 atom stereocenters. The molecule has 1 heterocycles. The molecule has 0 saturated heterocycles. The van der Waals surface area contributed by atoms with E-state index in [1.54, 1.807) is 6.92 Å². The minimum absolute atomic E-state index is 0.104. The van der Waals surface area contributed by atoms with Crippen molar-refractivity contribution in [2.75, 3.05) is 0 Å². The summed E-state index contributed by atoms with van der Waals surface area (Å²) in [6.45, 7) is 1.66. The predicted octanol–water partition coefficient (Wildman–Crippen LogP) is 0.734. The molecular weight excluding hydrogens is 176 g/mol. The van der Waals surface area contributed by atoms with Crippen LogP contribution in [0.1, 0.15) is 13.3 Å². The lowest BCUT2D eigenvalue weighted by molar-refractivity contribution is -0.133. The van der Waals surface area contributed by atoms with Gasteiger partial charge in [-0.25, -0.2) is 9.59 Å². The van der Waals surface area contributed by atoms with Gasteiger partial charge in [-0.3, -0.25) is 0 Å². The number of carboxylic acids is 1. The zero-order valence-electron chi connectivity index (χ0n) is 6.90. The van der Waals surface area contributed by atoms with Crippen molar-refractivity contribution in [2.24, 2.45) is 0 Å². The molecule has 70 valence electrons. The summed E-state index contributed by atoms with van der Waals surface area (Å²) in [6, 6.07) is 0. The van der Waals surface area contributed by atoms with Gasteiger partial charge < -0.3 is 14.9 Å². The third-order valence-electron chi connectivity index (χ3n) is 1.58. The molecule has 5 heteroatoms. The molecular formula is C8H8O5. The highest BCUT2D eigenvalue weighted by Crippen LogP contribution is 2.25. The Bertz CT molecular complexity index is 323. The number of aliphatic carboxylic acids is 1. The lowest BCUT2D eigenvalue weighted by atomic mass is 10.2. The number of carbonyl (C=O) groups excluding carboxylic acids is 1. The van der Waals surface area contributed by atoms with Crippen molar-refractivity contribution in [2.45, 2.75) is 13.3 Å². The van der Waals surface area contributed by atoms with Gasteiger partial charge in [-0.1, -0.05) is 6.92 Å². The van der Waals surface area contributed by atoms with E-state index in [1.165, 1.54) is 0 Å². The van der Waals surface area contributed by atoms with Crippen molar-refractivity contribution >= 4 is 11.9 Å². The van der Waals surface area contributed by atoms with Gasteiger partial charge in [-0.2, -0.15) is 0 Å². The molecule has 0 aliphatic carbocycles. The van der Waals surface area contributed by atoms with Crippen LogP contribution in [-0.4, -0.2) is 22.2 Å². The molecule has 0 spiro atoms. The Labute approximate surface area is 73.9 Å². The summed E-state index contributed by atoms with van der Waals surface area (Å²) < 4.78 is 4.51. The lowest BCUT2D eigenvalue weighted by Crippen LogP contribution is -1.98. The fourth-order valence-electron chi connectivity index (χ4n) is 0.977. The summed E-state index contributed by atoms with van der Waals surface area (Å²) in [6.07, 6.45) is 0.956. The lowest BCUT2D eigenvalue weighted by Gasteiger charge is -1.93. The summed E-state index contributed by atoms with van der Waals surface area (Å²) in [5.74, 6) is -2.64. The maximum atomic E-state index is 10.9. The van der Waals surface area contributed by atoms with Gasteiger partial charge in [0.2, 0.25) is 0 Å². The number of hydrogen-bond donors (Lipinski definition) is 2. The van der Waals surface area contributed by atoms with Crippen LogP contribution in [0.2, 0.25) is 0 Å². The van der Waals surface area contributed by atoms with E-state index >= 15 is 0 Å². The van der Waals surface area contributed by atoms with Gasteiger partial charge in [-0.15, -0.1) is 0 Å². The van der Waals surface area contributed by atoms with E-state index in [0.29, 0.717) is 12.5 Å². The van der Waals surface area contributed by atoms with Crippen LogP contribution in [0.15, 0.2) is 23.2 Å². The van der Waals surface area contributed by atoms with Gasteiger partial charge in [0.15, 0.2) is 11.5 Å². The van der Waals surface area contributed by atoms with E-state index in [-0.39, 0.29) is 17.1 Å². The van der Waals surface area contributed by atoms with Crippen molar-refractivity contribution in [1.82, 2.24) is 0 Å². The van der Waals surface area contributed by atoms with Crippen molar-refractivity contribution in [3.8, 4) is 0 Å². The number of esters is 1. The molecule has 0 radical (unpaired) electrons. The van der Waals surface area contributed by atoms with E-state index in [9.17, 15) is 14.7 Å². The summed E-state index contributed by atoms with van der Waals surface area (Å²) in [5, 5.41) is 17.6. The summed E-state index contributed by atoms with van der Waals surface area (Å²) in [4.78, 5) is 21.1. The molecule has 1 aliphatic heterocycles. The Morgan fingerprint density at radius 1 is 1.62 bits per heavy atom. The summed E-state index contributed by atoms with van der Waals surface area (Å²) >= 11 is 0. The largest absolute Gasteiger partial charge is 0.504 e. The second-order valence-corrected chi connectivity index (χ2v) is 2.42. The van der Waals surface area contributed by atoms with Gasteiger partial charge in [0, 0.05) is 0 Å². The molecule has 0 amide bonds. The number of rotatable bonds is 2. The number of aliphatic hydroxyl groups is 1. The molecule has 5 nitrogen and oxygen atoms in total. The average molecular weight is 184 g/mol. The molecule has 0 aromatic rings. The number of cyclic esters (lactones) is 1. The van der Waals surface area contributed by atoms with Crippen LogP contribution in [0.3, 0.4) is 0 Å². The molecule has 2 N–H and O–H groups in total. The molecule has 0 fully saturated rings. The molecule has 0 bridgehead atoms. The smallest absolute Gasteiger partial charge is 0.343 e. The zero-order chi connectivity index (χ0) is 10.0. The minimum atomic E-state index is -1.27. The Morgan fingerprint density at radius 2 is 2.23 bits per heavy atom. The monoisotopic (exact) mass is 184 g/mol. The standard InChI is InChI=1S/C8H8O5/c1-2-4-7(11)5(3-6(9)10)13-8(4)12/h3,11H,2H2,1H3,(H,9,10)/b5-3+. The maximum absolute atomic E-state index is 10.9. The third kappa shape index (κ3) is 1.69. The van der Waals surface area contributed by atoms with Crippen LogP contribution in [0, 0.1) is 0 Å².